The van der Waals surface area contributed by atoms with Crippen molar-refractivity contribution in [3.63, 3.8) is 0 Å². The lowest BCUT2D eigenvalue weighted by molar-refractivity contribution is -0.141. The molecule has 0 aliphatic heterocycles. The maximum Gasteiger partial charge on any atom is 0.433 e. The smallest absolute Gasteiger partial charge is 0.350 e. The van der Waals surface area contributed by atoms with Crippen molar-refractivity contribution in [3.8, 4) is 0 Å². The Labute approximate surface area is 139 Å². The van der Waals surface area contributed by atoms with Crippen LogP contribution in [0, 0.1) is 6.92 Å². The number of carbonyl (C=O) groups excluding carboxylic acids is 1. The van der Waals surface area contributed by atoms with Crippen LogP contribution in [0.3, 0.4) is 0 Å². The summed E-state index contributed by atoms with van der Waals surface area (Å²) in [5.41, 5.74) is -1.40. The fourth-order valence-corrected chi connectivity index (χ4v) is 3.50. The Bertz CT molecular complexity index is 849. The number of fused-ring (bicyclic) bond motifs is 1. The van der Waals surface area contributed by atoms with Crippen molar-refractivity contribution >= 4 is 27.3 Å². The van der Waals surface area contributed by atoms with Crippen LogP contribution >= 0.6 is 11.3 Å². The highest BCUT2D eigenvalue weighted by Gasteiger charge is 2.36. The number of aromatic amines is 1. The first kappa shape index (κ1) is 16.5. The van der Waals surface area contributed by atoms with E-state index in [0.717, 1.165) is 15.0 Å². The van der Waals surface area contributed by atoms with Crippen LogP contribution in [0.1, 0.15) is 26.6 Å². The second-order valence-electron chi connectivity index (χ2n) is 5.33. The average molecular weight is 353 g/mol. The molecule has 2 aromatic heterocycles. The summed E-state index contributed by atoms with van der Waals surface area (Å²) in [5, 5.41) is 9.13. The molecular formula is C16H14F3N3OS. The van der Waals surface area contributed by atoms with E-state index < -0.39 is 17.8 Å². The molecule has 8 heteroatoms. The maximum atomic E-state index is 12.7. The molecule has 0 unspecified atom stereocenters. The van der Waals surface area contributed by atoms with Crippen LogP contribution in [-0.2, 0) is 12.6 Å². The Morgan fingerprint density at radius 3 is 2.75 bits per heavy atom. The Morgan fingerprint density at radius 2 is 2.08 bits per heavy atom. The van der Waals surface area contributed by atoms with Crippen LogP contribution in [0.5, 0.6) is 0 Å². The van der Waals surface area contributed by atoms with E-state index in [9.17, 15) is 18.0 Å². The fourth-order valence-electron chi connectivity index (χ4n) is 2.44. The molecule has 0 atom stereocenters. The molecule has 0 aliphatic rings. The quantitative estimate of drug-likeness (QED) is 0.747. The third-order valence-electron chi connectivity index (χ3n) is 3.64. The number of hydrogen-bond acceptors (Lipinski definition) is 3. The third kappa shape index (κ3) is 3.28. The number of nitrogens with zero attached hydrogens (tertiary/aromatic N) is 1. The maximum absolute atomic E-state index is 12.7. The van der Waals surface area contributed by atoms with E-state index in [4.69, 9.17) is 0 Å². The second-order valence-corrected chi connectivity index (χ2v) is 6.49. The first-order chi connectivity index (χ1) is 11.4. The Kier molecular flexibility index (Phi) is 4.31. The molecule has 0 spiro atoms. The van der Waals surface area contributed by atoms with E-state index >= 15 is 0 Å². The second kappa shape index (κ2) is 6.27. The summed E-state index contributed by atoms with van der Waals surface area (Å²) in [6, 6.07) is 10.0. The van der Waals surface area contributed by atoms with Crippen LogP contribution < -0.4 is 5.32 Å². The first-order valence-electron chi connectivity index (χ1n) is 7.24. The lowest BCUT2D eigenvalue weighted by Gasteiger charge is -2.05. The number of halogens is 3. The van der Waals surface area contributed by atoms with Crippen LogP contribution in [0.4, 0.5) is 13.2 Å². The molecule has 2 heterocycles. The summed E-state index contributed by atoms with van der Waals surface area (Å²) < 4.78 is 39.3. The van der Waals surface area contributed by atoms with Gasteiger partial charge in [-0.1, -0.05) is 18.2 Å². The first-order valence-corrected chi connectivity index (χ1v) is 8.05. The van der Waals surface area contributed by atoms with Crippen molar-refractivity contribution < 1.29 is 18.0 Å². The largest absolute Gasteiger partial charge is 0.433 e. The predicted octanol–water partition coefficient (Wildman–Crippen LogP) is 3.92. The van der Waals surface area contributed by atoms with Gasteiger partial charge in [0.05, 0.1) is 0 Å². The van der Waals surface area contributed by atoms with Gasteiger partial charge >= 0.3 is 6.18 Å². The number of nitrogens with one attached hydrogen (secondary N) is 2. The molecule has 1 amide bonds. The fraction of sp³-hybridized carbons (Fsp3) is 0.250. The molecular weight excluding hydrogens is 339 g/mol. The zero-order chi connectivity index (χ0) is 17.3. The molecule has 126 valence electrons. The van der Waals surface area contributed by atoms with Crippen molar-refractivity contribution in [2.45, 2.75) is 19.5 Å². The van der Waals surface area contributed by atoms with E-state index in [2.05, 4.69) is 10.4 Å². The number of H-pyrrole nitrogens is 1. The Balaban J connectivity index is 1.62. The monoisotopic (exact) mass is 353 g/mol. The van der Waals surface area contributed by atoms with Crippen molar-refractivity contribution in [3.05, 3.63) is 52.2 Å². The Hall–Kier alpha value is -2.35. The molecule has 0 aliphatic carbocycles. The number of carbonyl (C=O) groups is 1. The van der Waals surface area contributed by atoms with Crippen molar-refractivity contribution in [2.75, 3.05) is 6.54 Å². The van der Waals surface area contributed by atoms with Gasteiger partial charge < -0.3 is 5.32 Å². The van der Waals surface area contributed by atoms with Gasteiger partial charge in [-0.25, -0.2) is 0 Å². The minimum absolute atomic E-state index is 0.193. The van der Waals surface area contributed by atoms with E-state index in [1.165, 1.54) is 6.92 Å². The SMILES string of the molecule is Cc1c(C(=O)NCCc2cc3ccccc3s2)n[nH]c1C(F)(F)F. The van der Waals surface area contributed by atoms with Crippen LogP contribution in [0.15, 0.2) is 30.3 Å². The highest BCUT2D eigenvalue weighted by atomic mass is 32.1. The molecule has 3 rings (SSSR count). The third-order valence-corrected chi connectivity index (χ3v) is 4.82. The summed E-state index contributed by atoms with van der Waals surface area (Å²) in [6.07, 6.45) is -3.94. The molecule has 0 saturated heterocycles. The molecule has 24 heavy (non-hydrogen) atoms. The summed E-state index contributed by atoms with van der Waals surface area (Å²) in [4.78, 5) is 13.1. The number of aromatic nitrogens is 2. The molecule has 2 N–H and O–H groups in total. The van der Waals surface area contributed by atoms with Gasteiger partial charge in [0.15, 0.2) is 5.69 Å². The minimum atomic E-state index is -4.55. The molecule has 0 radical (unpaired) electrons. The van der Waals surface area contributed by atoms with Crippen molar-refractivity contribution in [2.24, 2.45) is 0 Å². The lowest BCUT2D eigenvalue weighted by atomic mass is 10.2. The average Bonchev–Trinajstić information content (AvgIpc) is 3.09. The van der Waals surface area contributed by atoms with Gasteiger partial charge in [-0.05, 0) is 30.9 Å². The molecule has 4 nitrogen and oxygen atoms in total. The number of thiophene rings is 1. The van der Waals surface area contributed by atoms with Crippen molar-refractivity contribution in [1.82, 2.24) is 15.5 Å². The van der Waals surface area contributed by atoms with Gasteiger partial charge in [-0.15, -0.1) is 11.3 Å². The summed E-state index contributed by atoms with van der Waals surface area (Å²) in [5.74, 6) is -0.611. The molecule has 0 saturated carbocycles. The van der Waals surface area contributed by atoms with Crippen molar-refractivity contribution in [1.29, 1.82) is 0 Å². The van der Waals surface area contributed by atoms with E-state index in [-0.39, 0.29) is 11.3 Å². The Morgan fingerprint density at radius 1 is 1.33 bits per heavy atom. The topological polar surface area (TPSA) is 57.8 Å². The van der Waals surface area contributed by atoms with Gasteiger partial charge in [0, 0.05) is 21.7 Å². The molecule has 0 fully saturated rings. The van der Waals surface area contributed by atoms with E-state index in [1.54, 1.807) is 11.3 Å². The van der Waals surface area contributed by atoms with Gasteiger partial charge in [0.1, 0.15) is 5.69 Å². The van der Waals surface area contributed by atoms with Gasteiger partial charge in [-0.2, -0.15) is 18.3 Å². The van der Waals surface area contributed by atoms with Crippen LogP contribution in [0.25, 0.3) is 10.1 Å². The summed E-state index contributed by atoms with van der Waals surface area (Å²) >= 11 is 1.63. The highest BCUT2D eigenvalue weighted by molar-refractivity contribution is 7.19. The molecule has 0 bridgehead atoms. The molecule has 3 aromatic rings. The summed E-state index contributed by atoms with van der Waals surface area (Å²) in [7, 11) is 0. The zero-order valence-corrected chi connectivity index (χ0v) is 13.5. The van der Waals surface area contributed by atoms with E-state index in [0.29, 0.717) is 13.0 Å². The van der Waals surface area contributed by atoms with Gasteiger partial charge in [-0.3, -0.25) is 9.89 Å². The van der Waals surface area contributed by atoms with Crippen LogP contribution in [-0.4, -0.2) is 22.6 Å². The highest BCUT2D eigenvalue weighted by Crippen LogP contribution is 2.31. The summed E-state index contributed by atoms with van der Waals surface area (Å²) in [6.45, 7) is 1.56. The normalized spacial score (nSPS) is 11.8. The minimum Gasteiger partial charge on any atom is -0.350 e. The predicted molar refractivity (Wildman–Crippen MR) is 86.2 cm³/mol. The van der Waals surface area contributed by atoms with Gasteiger partial charge in [0.2, 0.25) is 0 Å². The van der Waals surface area contributed by atoms with Crippen LogP contribution in [0.2, 0.25) is 0 Å². The van der Waals surface area contributed by atoms with Gasteiger partial charge in [0.25, 0.3) is 5.91 Å². The zero-order valence-electron chi connectivity index (χ0n) is 12.7. The number of benzene rings is 1. The molecule has 1 aromatic carbocycles. The lowest BCUT2D eigenvalue weighted by Crippen LogP contribution is -2.26. The standard InChI is InChI=1S/C16H14F3N3OS/c1-9-13(21-22-14(9)16(17,18)19)15(23)20-7-6-11-8-10-4-2-3-5-12(10)24-11/h2-5,8H,6-7H2,1H3,(H,20,23)(H,21,22). The van der Waals surface area contributed by atoms with E-state index in [1.807, 2.05) is 35.4 Å². The number of amides is 1. The number of hydrogen-bond donors (Lipinski definition) is 2. The number of rotatable bonds is 4. The number of alkyl halides is 3.